The molecule has 2 heterocycles. The Morgan fingerprint density at radius 1 is 1.62 bits per heavy atom. The number of amides is 2. The Hall–Kier alpha value is -0.730. The average Bonchev–Trinajstić information content (AvgIpc) is 2.55. The molecule has 13 heavy (non-hydrogen) atoms. The van der Waals surface area contributed by atoms with Crippen molar-refractivity contribution in [3.8, 4) is 0 Å². The largest absolute Gasteiger partial charge is 0.341 e. The summed E-state index contributed by atoms with van der Waals surface area (Å²) >= 11 is 0. The van der Waals surface area contributed by atoms with Crippen molar-refractivity contribution in [2.24, 2.45) is 11.3 Å². The normalized spacial score (nSPS) is 36.3. The first-order valence-corrected chi connectivity index (χ1v) is 5.07. The number of nitrogens with zero attached hydrogens (tertiary/aromatic N) is 1. The highest BCUT2D eigenvalue weighted by Crippen LogP contribution is 2.55. The molecule has 0 atom stereocenters. The van der Waals surface area contributed by atoms with Crippen LogP contribution in [0.25, 0.3) is 0 Å². The fraction of sp³-hybridized carbons (Fsp3) is 0.900. The summed E-state index contributed by atoms with van der Waals surface area (Å²) < 4.78 is 0. The molecule has 3 fully saturated rings. The van der Waals surface area contributed by atoms with E-state index in [-0.39, 0.29) is 7.46 Å². The van der Waals surface area contributed by atoms with Crippen molar-refractivity contribution < 1.29 is 6.22 Å². The van der Waals surface area contributed by atoms with Crippen molar-refractivity contribution >= 4 is 6.03 Å². The van der Waals surface area contributed by atoms with Crippen LogP contribution >= 0.6 is 0 Å². The van der Waals surface area contributed by atoms with Gasteiger partial charge in [0.15, 0.2) is 0 Å². The van der Waals surface area contributed by atoms with E-state index in [1.165, 1.54) is 12.8 Å². The number of carbonyl (C=O) groups is 1. The lowest BCUT2D eigenvalue weighted by atomic mass is 9.63. The number of hydrogen-bond acceptors (Lipinski definition) is 1. The summed E-state index contributed by atoms with van der Waals surface area (Å²) in [5, 5.41) is 2.71. The number of nitrogens with one attached hydrogen (secondary N) is 1. The number of rotatable bonds is 1. The third-order valence-electron chi connectivity index (χ3n) is 3.91. The molecule has 0 aromatic carbocycles. The predicted molar refractivity (Wildman–Crippen MR) is 53.6 cm³/mol. The number of urea groups is 1. The lowest BCUT2D eigenvalue weighted by molar-refractivity contribution is 0.119. The first-order valence-electron chi connectivity index (χ1n) is 5.07. The van der Waals surface area contributed by atoms with E-state index in [9.17, 15) is 4.79 Å². The maximum atomic E-state index is 11.4. The van der Waals surface area contributed by atoms with Gasteiger partial charge in [-0.15, -0.1) is 0 Å². The van der Waals surface area contributed by atoms with Gasteiger partial charge in [0, 0.05) is 21.1 Å². The molecule has 2 amide bonds. The Balaban J connectivity index is 0.000000980. The van der Waals surface area contributed by atoms with Crippen LogP contribution in [0.2, 0.25) is 0 Å². The zero-order valence-corrected chi connectivity index (χ0v) is 8.63. The molecule has 1 N–H and O–H groups in total. The zero-order valence-electron chi connectivity index (χ0n) is 8.63. The van der Waals surface area contributed by atoms with Gasteiger partial charge in [-0.3, -0.25) is 0 Å². The summed E-state index contributed by atoms with van der Waals surface area (Å²) in [6.45, 7) is 5.50. The van der Waals surface area contributed by atoms with Gasteiger partial charge in [-0.1, -0.05) is 13.8 Å². The average molecular weight is 184 g/mol. The Kier molecular flexibility index (Phi) is 1.79. The topological polar surface area (TPSA) is 32.3 Å². The number of hydrogen-bond donors (Lipinski definition) is 1. The van der Waals surface area contributed by atoms with Gasteiger partial charge in [0.05, 0.1) is 0 Å². The number of fused-ring (bicyclic) bond motifs is 1. The van der Waals surface area contributed by atoms with Crippen LogP contribution in [0.3, 0.4) is 0 Å². The van der Waals surface area contributed by atoms with E-state index in [1.54, 1.807) is 7.05 Å². The van der Waals surface area contributed by atoms with E-state index >= 15 is 0 Å². The monoisotopic (exact) mass is 184 g/mol. The van der Waals surface area contributed by atoms with Gasteiger partial charge >= 0.3 is 6.03 Å². The Morgan fingerprint density at radius 3 is 2.62 bits per heavy atom. The summed E-state index contributed by atoms with van der Waals surface area (Å²) in [5.41, 5.74) is 0.456. The minimum Gasteiger partial charge on any atom is -0.341 e. The Bertz CT molecular complexity index is 236. The molecule has 2 bridgehead atoms. The zero-order chi connectivity index (χ0) is 9.64. The van der Waals surface area contributed by atoms with Crippen LogP contribution in [0, 0.1) is 11.3 Å². The molecule has 0 unspecified atom stereocenters. The molecular formula is C10H20N2O. The second kappa shape index (κ2) is 2.63. The molecule has 3 heteroatoms. The third-order valence-corrected chi connectivity index (χ3v) is 3.91. The summed E-state index contributed by atoms with van der Waals surface area (Å²) in [6.07, 6.45) is 2.44. The van der Waals surface area contributed by atoms with Gasteiger partial charge in [0.25, 0.3) is 0 Å². The summed E-state index contributed by atoms with van der Waals surface area (Å²) in [6, 6.07) is 0.632. The Labute approximate surface area is 81.0 Å². The van der Waals surface area contributed by atoms with Crippen molar-refractivity contribution in [2.45, 2.75) is 32.7 Å². The standard InChI is InChI=1S/C10H18N2O.H2/c1-7(2)10-4-8(5-10)12(6-10)9(13)11-3;/h7-8H,4-6H2,1-3H3,(H,11,13);1H. The van der Waals surface area contributed by atoms with E-state index < -0.39 is 0 Å². The van der Waals surface area contributed by atoms with Crippen LogP contribution in [0.15, 0.2) is 0 Å². The van der Waals surface area contributed by atoms with Gasteiger partial charge in [-0.2, -0.15) is 0 Å². The summed E-state index contributed by atoms with van der Waals surface area (Å²) in [5.74, 6) is 0.707. The van der Waals surface area contributed by atoms with Crippen molar-refractivity contribution in [1.29, 1.82) is 0 Å². The highest BCUT2D eigenvalue weighted by Gasteiger charge is 2.57. The van der Waals surface area contributed by atoms with Crippen LogP contribution in [0.5, 0.6) is 0 Å². The van der Waals surface area contributed by atoms with E-state index in [4.69, 9.17) is 0 Å². The van der Waals surface area contributed by atoms with Crippen molar-refractivity contribution in [3.05, 3.63) is 0 Å². The van der Waals surface area contributed by atoms with E-state index in [1.807, 2.05) is 4.90 Å². The molecule has 1 aliphatic carbocycles. The van der Waals surface area contributed by atoms with Crippen LogP contribution in [-0.2, 0) is 0 Å². The summed E-state index contributed by atoms with van der Waals surface area (Å²) in [7, 11) is 1.71. The van der Waals surface area contributed by atoms with E-state index in [2.05, 4.69) is 19.2 Å². The third kappa shape index (κ3) is 1.06. The van der Waals surface area contributed by atoms with Gasteiger partial charge < -0.3 is 10.2 Å². The van der Waals surface area contributed by atoms with E-state index in [0.29, 0.717) is 17.4 Å². The fourth-order valence-corrected chi connectivity index (χ4v) is 2.73. The highest BCUT2D eigenvalue weighted by atomic mass is 16.2. The van der Waals surface area contributed by atoms with Gasteiger partial charge in [-0.05, 0) is 24.2 Å². The molecular weight excluding hydrogens is 164 g/mol. The van der Waals surface area contributed by atoms with Crippen molar-refractivity contribution in [1.82, 2.24) is 10.2 Å². The lowest BCUT2D eigenvalue weighted by Gasteiger charge is -2.40. The molecule has 3 rings (SSSR count). The Morgan fingerprint density at radius 2 is 2.23 bits per heavy atom. The lowest BCUT2D eigenvalue weighted by Crippen LogP contribution is -2.41. The molecule has 0 aromatic heterocycles. The smallest absolute Gasteiger partial charge is 0.317 e. The van der Waals surface area contributed by atoms with Crippen LogP contribution < -0.4 is 5.32 Å². The summed E-state index contributed by atoms with van der Waals surface area (Å²) in [4.78, 5) is 13.4. The predicted octanol–water partition coefficient (Wildman–Crippen LogP) is 1.69. The van der Waals surface area contributed by atoms with E-state index in [0.717, 1.165) is 6.54 Å². The highest BCUT2D eigenvalue weighted by molar-refractivity contribution is 5.75. The van der Waals surface area contributed by atoms with Crippen LogP contribution in [-0.4, -0.2) is 30.6 Å². The molecule has 0 aromatic rings. The SMILES string of the molecule is CNC(=O)N1CC2(C(C)C)CC1C2.[HH]. The van der Waals surface area contributed by atoms with Gasteiger partial charge in [-0.25, -0.2) is 4.79 Å². The maximum absolute atomic E-state index is 11.4. The van der Waals surface area contributed by atoms with Crippen LogP contribution in [0.1, 0.15) is 28.1 Å². The molecule has 76 valence electrons. The van der Waals surface area contributed by atoms with Gasteiger partial charge in [0.1, 0.15) is 0 Å². The molecule has 2 aliphatic heterocycles. The van der Waals surface area contributed by atoms with Gasteiger partial charge in [0.2, 0.25) is 0 Å². The first-order chi connectivity index (χ1) is 6.09. The molecule has 0 radical (unpaired) electrons. The van der Waals surface area contributed by atoms with Crippen molar-refractivity contribution in [2.75, 3.05) is 13.6 Å². The molecule has 0 spiro atoms. The molecule has 3 nitrogen and oxygen atoms in total. The number of carbonyl (C=O) groups excluding carboxylic acids is 1. The second-order valence-electron chi connectivity index (χ2n) is 4.76. The quantitative estimate of drug-likeness (QED) is 0.661. The molecule has 2 saturated heterocycles. The van der Waals surface area contributed by atoms with Crippen molar-refractivity contribution in [3.63, 3.8) is 0 Å². The molecule has 3 aliphatic rings. The first kappa shape index (κ1) is 8.85. The maximum Gasteiger partial charge on any atom is 0.317 e. The fourth-order valence-electron chi connectivity index (χ4n) is 2.73. The molecule has 1 saturated carbocycles. The van der Waals surface area contributed by atoms with Crippen LogP contribution in [0.4, 0.5) is 4.79 Å². The minimum atomic E-state index is 0. The second-order valence-corrected chi connectivity index (χ2v) is 4.76. The minimum absolute atomic E-state index is 0.